The minimum absolute atomic E-state index is 0.0254. The Labute approximate surface area is 114 Å². The fraction of sp³-hybridized carbons (Fsp3) is 0.625. The lowest BCUT2D eigenvalue weighted by atomic mass is 9.73. The minimum atomic E-state index is -0.245. The van der Waals surface area contributed by atoms with Gasteiger partial charge in [-0.15, -0.1) is 0 Å². The average Bonchev–Trinajstić information content (AvgIpc) is 2.39. The molecule has 0 unspecified atom stereocenters. The van der Waals surface area contributed by atoms with Crippen LogP contribution in [0.15, 0.2) is 18.2 Å². The standard InChI is InChI=1S/C16H22FNO/c1-2-11-5-7-16(8-6-11)10-14(18)13-4-3-12(17)9-15(13)19-16/h3-4,9,11,14H,2,5-8,10,18H2,1H3/t11?,14-,16?/m0/s1. The Kier molecular flexibility index (Phi) is 3.25. The largest absolute Gasteiger partial charge is 0.487 e. The molecule has 19 heavy (non-hydrogen) atoms. The lowest BCUT2D eigenvalue weighted by molar-refractivity contribution is -0.0112. The zero-order valence-corrected chi connectivity index (χ0v) is 11.5. The Hall–Kier alpha value is -1.09. The van der Waals surface area contributed by atoms with Gasteiger partial charge in [0.1, 0.15) is 17.2 Å². The van der Waals surface area contributed by atoms with Crippen molar-refractivity contribution in [2.24, 2.45) is 11.7 Å². The van der Waals surface area contributed by atoms with Crippen molar-refractivity contribution >= 4 is 0 Å². The molecule has 1 heterocycles. The number of halogens is 1. The highest BCUT2D eigenvalue weighted by Gasteiger charge is 2.42. The van der Waals surface area contributed by atoms with Crippen molar-refractivity contribution in [3.05, 3.63) is 29.6 Å². The van der Waals surface area contributed by atoms with Crippen LogP contribution in [0.5, 0.6) is 5.75 Å². The first-order valence-electron chi connectivity index (χ1n) is 7.36. The number of rotatable bonds is 1. The summed E-state index contributed by atoms with van der Waals surface area (Å²) in [7, 11) is 0. The molecule has 0 bridgehead atoms. The molecule has 2 aliphatic rings. The molecular weight excluding hydrogens is 241 g/mol. The van der Waals surface area contributed by atoms with Gasteiger partial charge in [0.05, 0.1) is 0 Å². The van der Waals surface area contributed by atoms with Crippen LogP contribution in [-0.4, -0.2) is 5.60 Å². The second-order valence-corrected chi connectivity index (χ2v) is 6.13. The van der Waals surface area contributed by atoms with Crippen LogP contribution in [0.3, 0.4) is 0 Å². The van der Waals surface area contributed by atoms with E-state index in [9.17, 15) is 4.39 Å². The molecule has 1 aromatic carbocycles. The molecule has 1 saturated carbocycles. The van der Waals surface area contributed by atoms with Crippen LogP contribution in [0.25, 0.3) is 0 Å². The van der Waals surface area contributed by atoms with Gasteiger partial charge >= 0.3 is 0 Å². The third-order valence-corrected chi connectivity index (χ3v) is 4.89. The Morgan fingerprint density at radius 3 is 2.79 bits per heavy atom. The van der Waals surface area contributed by atoms with E-state index in [0.29, 0.717) is 5.75 Å². The van der Waals surface area contributed by atoms with E-state index in [1.807, 2.05) is 0 Å². The van der Waals surface area contributed by atoms with Gasteiger partial charge in [0.25, 0.3) is 0 Å². The van der Waals surface area contributed by atoms with Gasteiger partial charge in [0.2, 0.25) is 0 Å². The summed E-state index contributed by atoms with van der Waals surface area (Å²) in [5.74, 6) is 1.23. The zero-order valence-electron chi connectivity index (χ0n) is 11.5. The van der Waals surface area contributed by atoms with Crippen LogP contribution in [0.2, 0.25) is 0 Å². The minimum Gasteiger partial charge on any atom is -0.487 e. The molecule has 0 radical (unpaired) electrons. The molecular formula is C16H22FNO. The van der Waals surface area contributed by atoms with Crippen molar-refractivity contribution in [3.8, 4) is 5.75 Å². The van der Waals surface area contributed by atoms with E-state index in [4.69, 9.17) is 10.5 Å². The summed E-state index contributed by atoms with van der Waals surface area (Å²) in [5, 5.41) is 0. The molecule has 1 aliphatic heterocycles. The molecule has 0 aromatic heterocycles. The summed E-state index contributed by atoms with van der Waals surface area (Å²) in [6.45, 7) is 2.25. The molecule has 1 fully saturated rings. The quantitative estimate of drug-likeness (QED) is 0.832. The van der Waals surface area contributed by atoms with E-state index in [1.54, 1.807) is 6.07 Å². The second-order valence-electron chi connectivity index (χ2n) is 6.13. The van der Waals surface area contributed by atoms with Crippen LogP contribution in [-0.2, 0) is 0 Å². The van der Waals surface area contributed by atoms with Gasteiger partial charge in [-0.2, -0.15) is 0 Å². The molecule has 3 heteroatoms. The van der Waals surface area contributed by atoms with Gasteiger partial charge in [-0.1, -0.05) is 19.4 Å². The fourth-order valence-electron chi connectivity index (χ4n) is 3.61. The van der Waals surface area contributed by atoms with E-state index in [1.165, 1.54) is 31.4 Å². The Bertz CT molecular complexity index is 466. The van der Waals surface area contributed by atoms with Crippen LogP contribution in [0.4, 0.5) is 4.39 Å². The van der Waals surface area contributed by atoms with Gasteiger partial charge in [-0.3, -0.25) is 0 Å². The number of fused-ring (bicyclic) bond motifs is 1. The molecule has 1 spiro atoms. The average molecular weight is 263 g/mol. The van der Waals surface area contributed by atoms with Crippen LogP contribution < -0.4 is 10.5 Å². The first-order chi connectivity index (χ1) is 9.12. The number of hydrogen-bond donors (Lipinski definition) is 1. The molecule has 104 valence electrons. The zero-order chi connectivity index (χ0) is 13.5. The maximum absolute atomic E-state index is 13.4. The number of benzene rings is 1. The topological polar surface area (TPSA) is 35.2 Å². The fourth-order valence-corrected chi connectivity index (χ4v) is 3.61. The van der Waals surface area contributed by atoms with E-state index >= 15 is 0 Å². The Morgan fingerprint density at radius 2 is 2.11 bits per heavy atom. The predicted molar refractivity (Wildman–Crippen MR) is 73.6 cm³/mol. The smallest absolute Gasteiger partial charge is 0.127 e. The maximum Gasteiger partial charge on any atom is 0.127 e. The Balaban J connectivity index is 1.84. The molecule has 3 rings (SSSR count). The lowest BCUT2D eigenvalue weighted by Gasteiger charge is -2.45. The van der Waals surface area contributed by atoms with Crippen molar-refractivity contribution in [1.29, 1.82) is 0 Å². The first kappa shape index (κ1) is 12.9. The van der Waals surface area contributed by atoms with E-state index < -0.39 is 0 Å². The van der Waals surface area contributed by atoms with Crippen LogP contribution in [0.1, 0.15) is 57.1 Å². The van der Waals surface area contributed by atoms with Crippen molar-refractivity contribution in [2.45, 2.75) is 57.1 Å². The SMILES string of the molecule is CCC1CCC2(CC1)C[C@H](N)c1ccc(F)cc1O2. The van der Waals surface area contributed by atoms with Gasteiger partial charge in [-0.25, -0.2) is 4.39 Å². The Morgan fingerprint density at radius 1 is 1.37 bits per heavy atom. The molecule has 1 aliphatic carbocycles. The van der Waals surface area contributed by atoms with Crippen molar-refractivity contribution in [1.82, 2.24) is 0 Å². The third-order valence-electron chi connectivity index (χ3n) is 4.89. The van der Waals surface area contributed by atoms with Gasteiger partial charge in [0.15, 0.2) is 0 Å². The molecule has 2 N–H and O–H groups in total. The highest BCUT2D eigenvalue weighted by molar-refractivity contribution is 5.39. The van der Waals surface area contributed by atoms with Crippen LogP contribution in [0, 0.1) is 11.7 Å². The molecule has 2 nitrogen and oxygen atoms in total. The summed E-state index contributed by atoms with van der Waals surface area (Å²) >= 11 is 0. The number of nitrogens with two attached hydrogens (primary N) is 1. The monoisotopic (exact) mass is 263 g/mol. The van der Waals surface area contributed by atoms with Gasteiger partial charge in [0, 0.05) is 24.1 Å². The third kappa shape index (κ3) is 2.36. The predicted octanol–water partition coefficient (Wildman–Crippen LogP) is 3.95. The molecule has 0 amide bonds. The summed E-state index contributed by atoms with van der Waals surface area (Å²) in [6.07, 6.45) is 6.61. The van der Waals surface area contributed by atoms with E-state index in [2.05, 4.69) is 6.92 Å². The highest BCUT2D eigenvalue weighted by atomic mass is 19.1. The first-order valence-corrected chi connectivity index (χ1v) is 7.36. The summed E-state index contributed by atoms with van der Waals surface area (Å²) < 4.78 is 19.6. The number of hydrogen-bond acceptors (Lipinski definition) is 2. The second kappa shape index (κ2) is 4.78. The van der Waals surface area contributed by atoms with E-state index in [-0.39, 0.29) is 17.5 Å². The normalized spacial score (nSPS) is 33.8. The van der Waals surface area contributed by atoms with E-state index in [0.717, 1.165) is 30.7 Å². The van der Waals surface area contributed by atoms with Crippen molar-refractivity contribution in [2.75, 3.05) is 0 Å². The molecule has 1 aromatic rings. The van der Waals surface area contributed by atoms with Crippen LogP contribution >= 0.6 is 0 Å². The lowest BCUT2D eigenvalue weighted by Crippen LogP contribution is -2.45. The summed E-state index contributed by atoms with van der Waals surface area (Å²) in [4.78, 5) is 0. The summed E-state index contributed by atoms with van der Waals surface area (Å²) in [6, 6.07) is 4.69. The van der Waals surface area contributed by atoms with Crippen molar-refractivity contribution < 1.29 is 9.13 Å². The molecule has 0 saturated heterocycles. The molecule has 1 atom stereocenters. The van der Waals surface area contributed by atoms with Gasteiger partial charge < -0.3 is 10.5 Å². The van der Waals surface area contributed by atoms with Gasteiger partial charge in [-0.05, 0) is 37.7 Å². The highest BCUT2D eigenvalue weighted by Crippen LogP contribution is 2.46. The van der Waals surface area contributed by atoms with Crippen molar-refractivity contribution in [3.63, 3.8) is 0 Å². The maximum atomic E-state index is 13.4. The summed E-state index contributed by atoms with van der Waals surface area (Å²) in [5.41, 5.74) is 7.07. The number of ether oxygens (including phenoxy) is 1.